The van der Waals surface area contributed by atoms with Crippen LogP contribution in [0.2, 0.25) is 5.02 Å². The van der Waals surface area contributed by atoms with Crippen molar-refractivity contribution in [1.29, 1.82) is 0 Å². The average Bonchev–Trinajstić information content (AvgIpc) is 2.75. The van der Waals surface area contributed by atoms with Crippen molar-refractivity contribution in [2.75, 3.05) is 0 Å². The van der Waals surface area contributed by atoms with Crippen LogP contribution in [0.25, 0.3) is 0 Å². The smallest absolute Gasteiger partial charge is 0.0551 e. The Labute approximate surface area is 132 Å². The summed E-state index contributed by atoms with van der Waals surface area (Å²) in [6.07, 6.45) is 0.838. The fourth-order valence-corrected chi connectivity index (χ4v) is 3.60. The van der Waals surface area contributed by atoms with Crippen LogP contribution in [0.1, 0.15) is 16.5 Å². The molecule has 1 heterocycles. The number of rotatable bonds is 4. The van der Waals surface area contributed by atoms with Crippen LogP contribution in [0.4, 0.5) is 0 Å². The highest BCUT2D eigenvalue weighted by molar-refractivity contribution is 9.10. The van der Waals surface area contributed by atoms with Crippen molar-refractivity contribution in [3.05, 3.63) is 54.1 Å². The quantitative estimate of drug-likeness (QED) is 0.568. The van der Waals surface area contributed by atoms with E-state index in [0.717, 1.165) is 20.9 Å². The second kappa shape index (κ2) is 6.50. The van der Waals surface area contributed by atoms with E-state index >= 15 is 0 Å². The summed E-state index contributed by atoms with van der Waals surface area (Å²) in [6, 6.07) is 8.05. The molecule has 2 aromatic rings. The molecule has 0 fully saturated rings. The van der Waals surface area contributed by atoms with Gasteiger partial charge in [0.25, 0.3) is 0 Å². The third kappa shape index (κ3) is 3.56. The van der Waals surface area contributed by atoms with Crippen molar-refractivity contribution in [2.24, 2.45) is 5.84 Å². The van der Waals surface area contributed by atoms with E-state index in [1.165, 1.54) is 4.88 Å². The molecule has 0 saturated carbocycles. The molecule has 1 unspecified atom stereocenters. The van der Waals surface area contributed by atoms with Crippen LogP contribution in [0, 0.1) is 0 Å². The van der Waals surface area contributed by atoms with Gasteiger partial charge in [-0.25, -0.2) is 0 Å². The minimum absolute atomic E-state index is 0.0566. The molecule has 6 heteroatoms. The number of hydrazine groups is 1. The molecule has 2 rings (SSSR count). The monoisotopic (exact) mass is 408 g/mol. The van der Waals surface area contributed by atoms with Gasteiger partial charge < -0.3 is 0 Å². The van der Waals surface area contributed by atoms with Gasteiger partial charge in [0.15, 0.2) is 0 Å². The molecule has 18 heavy (non-hydrogen) atoms. The number of nitrogens with one attached hydrogen (secondary N) is 1. The summed E-state index contributed by atoms with van der Waals surface area (Å²) < 4.78 is 2.00. The molecule has 1 aromatic heterocycles. The Kier molecular flexibility index (Phi) is 5.24. The first-order valence-electron chi connectivity index (χ1n) is 5.24. The maximum absolute atomic E-state index is 6.10. The first-order chi connectivity index (χ1) is 8.60. The summed E-state index contributed by atoms with van der Waals surface area (Å²) in [5, 5.41) is 2.76. The van der Waals surface area contributed by atoms with Gasteiger partial charge >= 0.3 is 0 Å². The van der Waals surface area contributed by atoms with E-state index in [1.807, 2.05) is 18.2 Å². The molecular weight excluding hydrogens is 399 g/mol. The van der Waals surface area contributed by atoms with Crippen molar-refractivity contribution in [2.45, 2.75) is 12.5 Å². The molecule has 1 aromatic carbocycles. The topological polar surface area (TPSA) is 38.0 Å². The molecule has 0 amide bonds. The van der Waals surface area contributed by atoms with Crippen molar-refractivity contribution in [3.63, 3.8) is 0 Å². The van der Waals surface area contributed by atoms with E-state index in [2.05, 4.69) is 48.7 Å². The number of benzene rings is 1. The van der Waals surface area contributed by atoms with Gasteiger partial charge in [0, 0.05) is 25.6 Å². The number of thiophene rings is 1. The summed E-state index contributed by atoms with van der Waals surface area (Å²) in [6.45, 7) is 0. The maximum atomic E-state index is 6.10. The van der Waals surface area contributed by atoms with Crippen LogP contribution in [-0.2, 0) is 6.42 Å². The van der Waals surface area contributed by atoms with Gasteiger partial charge in [0.05, 0.1) is 11.1 Å². The zero-order chi connectivity index (χ0) is 13.1. The molecule has 96 valence electrons. The first kappa shape index (κ1) is 14.5. The van der Waals surface area contributed by atoms with E-state index in [-0.39, 0.29) is 6.04 Å². The average molecular weight is 411 g/mol. The zero-order valence-corrected chi connectivity index (χ0v) is 14.0. The van der Waals surface area contributed by atoms with Crippen LogP contribution in [0.15, 0.2) is 38.6 Å². The number of hydrogen-bond donors (Lipinski definition) is 2. The fourth-order valence-electron chi connectivity index (χ4n) is 1.66. The molecule has 3 N–H and O–H groups in total. The van der Waals surface area contributed by atoms with Crippen molar-refractivity contribution >= 4 is 54.8 Å². The van der Waals surface area contributed by atoms with Gasteiger partial charge in [-0.3, -0.25) is 11.3 Å². The van der Waals surface area contributed by atoms with Gasteiger partial charge in [-0.15, -0.1) is 11.3 Å². The third-order valence-corrected chi connectivity index (χ3v) is 5.53. The third-order valence-electron chi connectivity index (χ3n) is 2.57. The highest BCUT2D eigenvalue weighted by atomic mass is 79.9. The van der Waals surface area contributed by atoms with Crippen LogP contribution < -0.4 is 11.3 Å². The van der Waals surface area contributed by atoms with Gasteiger partial charge in [0.1, 0.15) is 0 Å². The van der Waals surface area contributed by atoms with Crippen LogP contribution >= 0.6 is 54.8 Å². The fraction of sp³-hybridized carbons (Fsp3) is 0.167. The second-order valence-electron chi connectivity index (χ2n) is 3.83. The van der Waals surface area contributed by atoms with Gasteiger partial charge in [-0.2, -0.15) is 0 Å². The lowest BCUT2D eigenvalue weighted by Gasteiger charge is -2.16. The maximum Gasteiger partial charge on any atom is 0.0551 e. The largest absolute Gasteiger partial charge is 0.271 e. The Hall–Kier alpha value is 0.0900. The Morgan fingerprint density at radius 1 is 1.33 bits per heavy atom. The SMILES string of the molecule is NNC(Cc1cc(Br)cs1)c1ccc(Br)c(Cl)c1. The number of nitrogens with two attached hydrogens (primary N) is 1. The lowest BCUT2D eigenvalue weighted by atomic mass is 10.0. The van der Waals surface area contributed by atoms with Crippen molar-refractivity contribution in [1.82, 2.24) is 5.43 Å². The highest BCUT2D eigenvalue weighted by Gasteiger charge is 2.13. The highest BCUT2D eigenvalue weighted by Crippen LogP contribution is 2.29. The molecule has 0 saturated heterocycles. The number of hydrogen-bond acceptors (Lipinski definition) is 3. The molecule has 0 aliphatic carbocycles. The molecule has 2 nitrogen and oxygen atoms in total. The molecule has 0 radical (unpaired) electrons. The normalized spacial score (nSPS) is 12.7. The van der Waals surface area contributed by atoms with Gasteiger partial charge in [-0.1, -0.05) is 17.7 Å². The predicted molar refractivity (Wildman–Crippen MR) is 84.9 cm³/mol. The molecule has 1 atom stereocenters. The molecule has 0 aliphatic heterocycles. The minimum atomic E-state index is 0.0566. The van der Waals surface area contributed by atoms with Crippen LogP contribution in [-0.4, -0.2) is 0 Å². The van der Waals surface area contributed by atoms with Gasteiger partial charge in [0.2, 0.25) is 0 Å². The Balaban J connectivity index is 2.19. The summed E-state index contributed by atoms with van der Waals surface area (Å²) >= 11 is 14.6. The summed E-state index contributed by atoms with van der Waals surface area (Å²) in [5.74, 6) is 5.64. The molecule has 0 spiro atoms. The second-order valence-corrected chi connectivity index (χ2v) is 7.00. The molecule has 0 bridgehead atoms. The standard InChI is InChI=1S/C12H11Br2ClN2S/c13-8-4-9(18-6-8)5-12(17-16)7-1-2-10(14)11(15)3-7/h1-4,6,12,17H,5,16H2. The lowest BCUT2D eigenvalue weighted by Crippen LogP contribution is -2.29. The van der Waals surface area contributed by atoms with Crippen molar-refractivity contribution < 1.29 is 0 Å². The summed E-state index contributed by atoms with van der Waals surface area (Å²) in [5.41, 5.74) is 3.92. The predicted octanol–water partition coefficient (Wildman–Crippen LogP) is 4.67. The zero-order valence-electron chi connectivity index (χ0n) is 9.29. The summed E-state index contributed by atoms with van der Waals surface area (Å²) in [4.78, 5) is 1.27. The Bertz CT molecular complexity index is 545. The van der Waals surface area contributed by atoms with E-state index in [9.17, 15) is 0 Å². The summed E-state index contributed by atoms with van der Waals surface area (Å²) in [7, 11) is 0. The van der Waals surface area contributed by atoms with Crippen molar-refractivity contribution in [3.8, 4) is 0 Å². The van der Waals surface area contributed by atoms with E-state index < -0.39 is 0 Å². The number of halogens is 3. The Morgan fingerprint density at radius 2 is 2.11 bits per heavy atom. The van der Waals surface area contributed by atoms with E-state index in [1.54, 1.807) is 11.3 Å². The van der Waals surface area contributed by atoms with Crippen LogP contribution in [0.3, 0.4) is 0 Å². The first-order valence-corrected chi connectivity index (χ1v) is 8.08. The van der Waals surface area contributed by atoms with E-state index in [0.29, 0.717) is 5.02 Å². The molecule has 0 aliphatic rings. The van der Waals surface area contributed by atoms with Crippen LogP contribution in [0.5, 0.6) is 0 Å². The van der Waals surface area contributed by atoms with E-state index in [4.69, 9.17) is 17.4 Å². The van der Waals surface area contributed by atoms with Gasteiger partial charge in [-0.05, 0) is 55.6 Å². The Morgan fingerprint density at radius 3 is 2.67 bits per heavy atom. The lowest BCUT2D eigenvalue weighted by molar-refractivity contribution is 0.555. The minimum Gasteiger partial charge on any atom is -0.271 e. The molecular formula is C12H11Br2ClN2S.